The molecule has 0 spiro atoms. The second-order valence-corrected chi connectivity index (χ2v) is 6.99. The van der Waals surface area contributed by atoms with Gasteiger partial charge in [0.05, 0.1) is 32.5 Å². The summed E-state index contributed by atoms with van der Waals surface area (Å²) in [6.45, 7) is 1.78. The Kier molecular flexibility index (Phi) is 5.63. The molecular weight excluding hydrogens is 379 g/mol. The number of carbonyl (C=O) groups excluding carboxylic acids is 1. The second kappa shape index (κ2) is 7.91. The first-order chi connectivity index (χ1) is 12.0. The lowest BCUT2D eigenvalue weighted by molar-refractivity contribution is -0.118. The van der Waals surface area contributed by atoms with Gasteiger partial charge in [-0.05, 0) is 36.8 Å². The Morgan fingerprint density at radius 2 is 2.04 bits per heavy atom. The molecule has 25 heavy (non-hydrogen) atoms. The molecule has 0 aliphatic heterocycles. The van der Waals surface area contributed by atoms with Gasteiger partial charge in [-0.2, -0.15) is 5.10 Å². The van der Waals surface area contributed by atoms with Crippen LogP contribution in [0.25, 0.3) is 11.0 Å². The predicted octanol–water partition coefficient (Wildman–Crippen LogP) is 4.50. The van der Waals surface area contributed by atoms with Gasteiger partial charge in [-0.1, -0.05) is 53.2 Å². The van der Waals surface area contributed by atoms with Crippen molar-refractivity contribution in [1.29, 1.82) is 0 Å². The van der Waals surface area contributed by atoms with Crippen LogP contribution in [0.2, 0.25) is 10.0 Å². The standard InChI is InChI=1S/C17H14Cl2N4OS/c1-10(11-6-7-12(18)13(19)8-11)22-23-16(24)9-25-17-20-14-4-2-3-5-15(14)21-17/h2-8H,9H2,1H3,(H,20,21)(H,23,24)/b22-10-. The van der Waals surface area contributed by atoms with Crippen LogP contribution in [0, 0.1) is 0 Å². The number of thioether (sulfide) groups is 1. The minimum Gasteiger partial charge on any atom is -0.333 e. The van der Waals surface area contributed by atoms with Crippen LogP contribution in [-0.4, -0.2) is 27.3 Å². The van der Waals surface area contributed by atoms with E-state index < -0.39 is 0 Å². The maximum Gasteiger partial charge on any atom is 0.250 e. The first kappa shape index (κ1) is 17.8. The number of rotatable bonds is 5. The maximum absolute atomic E-state index is 12.0. The largest absolute Gasteiger partial charge is 0.333 e. The van der Waals surface area contributed by atoms with Crippen molar-refractivity contribution < 1.29 is 4.79 Å². The molecule has 0 saturated carbocycles. The number of H-pyrrole nitrogens is 1. The molecule has 3 rings (SSSR count). The molecule has 0 saturated heterocycles. The van der Waals surface area contributed by atoms with E-state index in [9.17, 15) is 4.79 Å². The van der Waals surface area contributed by atoms with Crippen molar-refractivity contribution in [3.63, 3.8) is 0 Å². The summed E-state index contributed by atoms with van der Waals surface area (Å²) in [4.78, 5) is 19.5. The molecule has 0 unspecified atom stereocenters. The highest BCUT2D eigenvalue weighted by molar-refractivity contribution is 7.99. The van der Waals surface area contributed by atoms with Crippen molar-refractivity contribution in [2.45, 2.75) is 12.1 Å². The van der Waals surface area contributed by atoms with Crippen LogP contribution < -0.4 is 5.43 Å². The number of fused-ring (bicyclic) bond motifs is 1. The number of para-hydroxylation sites is 2. The summed E-state index contributed by atoms with van der Waals surface area (Å²) >= 11 is 13.2. The van der Waals surface area contributed by atoms with Gasteiger partial charge in [0.1, 0.15) is 0 Å². The molecule has 0 aliphatic carbocycles. The molecule has 1 heterocycles. The number of halogens is 2. The zero-order valence-electron chi connectivity index (χ0n) is 13.2. The highest BCUT2D eigenvalue weighted by Crippen LogP contribution is 2.23. The quantitative estimate of drug-likeness (QED) is 0.381. The molecule has 2 N–H and O–H groups in total. The van der Waals surface area contributed by atoms with Crippen LogP contribution in [0.5, 0.6) is 0 Å². The van der Waals surface area contributed by atoms with Crippen molar-refractivity contribution in [3.8, 4) is 0 Å². The van der Waals surface area contributed by atoms with Gasteiger partial charge in [0.2, 0.25) is 0 Å². The predicted molar refractivity (Wildman–Crippen MR) is 104 cm³/mol. The van der Waals surface area contributed by atoms with Crippen LogP contribution in [0.4, 0.5) is 0 Å². The number of benzene rings is 2. The highest BCUT2D eigenvalue weighted by Gasteiger charge is 2.07. The normalized spacial score (nSPS) is 11.7. The van der Waals surface area contributed by atoms with E-state index in [4.69, 9.17) is 23.2 Å². The molecular formula is C17H14Cl2N4OS. The Bertz CT molecular complexity index is 922. The van der Waals surface area contributed by atoms with E-state index in [0.717, 1.165) is 16.6 Å². The zero-order valence-corrected chi connectivity index (χ0v) is 15.5. The number of nitrogens with one attached hydrogen (secondary N) is 2. The number of aromatic amines is 1. The Morgan fingerprint density at radius 3 is 2.80 bits per heavy atom. The summed E-state index contributed by atoms with van der Waals surface area (Å²) in [6, 6.07) is 12.9. The van der Waals surface area contributed by atoms with Gasteiger partial charge in [0.15, 0.2) is 5.16 Å². The minimum atomic E-state index is -0.218. The van der Waals surface area contributed by atoms with E-state index in [-0.39, 0.29) is 11.7 Å². The van der Waals surface area contributed by atoms with Crippen LogP contribution in [0.15, 0.2) is 52.7 Å². The molecule has 3 aromatic rings. The first-order valence-corrected chi connectivity index (χ1v) is 9.13. The highest BCUT2D eigenvalue weighted by atomic mass is 35.5. The van der Waals surface area contributed by atoms with Crippen molar-refractivity contribution in [1.82, 2.24) is 15.4 Å². The van der Waals surface area contributed by atoms with Gasteiger partial charge >= 0.3 is 0 Å². The smallest absolute Gasteiger partial charge is 0.250 e. The van der Waals surface area contributed by atoms with Crippen molar-refractivity contribution >= 4 is 57.6 Å². The summed E-state index contributed by atoms with van der Waals surface area (Å²) in [7, 11) is 0. The summed E-state index contributed by atoms with van der Waals surface area (Å²) < 4.78 is 0. The van der Waals surface area contributed by atoms with Gasteiger partial charge in [-0.15, -0.1) is 0 Å². The Balaban J connectivity index is 1.57. The number of imidazole rings is 1. The Morgan fingerprint density at radius 1 is 1.24 bits per heavy atom. The third-order valence-electron chi connectivity index (χ3n) is 3.39. The van der Waals surface area contributed by atoms with Gasteiger partial charge in [-0.25, -0.2) is 10.4 Å². The molecule has 1 aromatic heterocycles. The van der Waals surface area contributed by atoms with Crippen LogP contribution in [0.1, 0.15) is 12.5 Å². The average molecular weight is 393 g/mol. The number of hydrogen-bond acceptors (Lipinski definition) is 4. The molecule has 2 aromatic carbocycles. The minimum absolute atomic E-state index is 0.206. The molecule has 5 nitrogen and oxygen atoms in total. The fourth-order valence-electron chi connectivity index (χ4n) is 2.10. The molecule has 8 heteroatoms. The number of aromatic nitrogens is 2. The fourth-order valence-corrected chi connectivity index (χ4v) is 3.07. The molecule has 1 amide bonds. The van der Waals surface area contributed by atoms with E-state index in [1.165, 1.54) is 11.8 Å². The van der Waals surface area contributed by atoms with Gasteiger partial charge in [-0.3, -0.25) is 4.79 Å². The lowest BCUT2D eigenvalue weighted by Gasteiger charge is -2.04. The number of carbonyl (C=O) groups is 1. The molecule has 0 bridgehead atoms. The third-order valence-corrected chi connectivity index (χ3v) is 5.01. The van der Waals surface area contributed by atoms with E-state index in [2.05, 4.69) is 20.5 Å². The van der Waals surface area contributed by atoms with E-state index in [1.807, 2.05) is 24.3 Å². The van der Waals surface area contributed by atoms with Gasteiger partial charge in [0.25, 0.3) is 5.91 Å². The number of amides is 1. The van der Waals surface area contributed by atoms with Crippen molar-refractivity contribution in [2.75, 3.05) is 5.75 Å². The van der Waals surface area contributed by atoms with Crippen molar-refractivity contribution in [3.05, 3.63) is 58.1 Å². The number of hydrogen-bond donors (Lipinski definition) is 2. The van der Waals surface area contributed by atoms with Gasteiger partial charge in [0, 0.05) is 0 Å². The van der Waals surface area contributed by atoms with E-state index in [0.29, 0.717) is 20.9 Å². The SMILES string of the molecule is C/C(=N/NC(=O)CSc1nc2ccccc2[nH]1)c1ccc(Cl)c(Cl)c1. The number of nitrogens with zero attached hydrogens (tertiary/aromatic N) is 2. The lowest BCUT2D eigenvalue weighted by atomic mass is 10.1. The number of hydrazone groups is 1. The molecule has 0 atom stereocenters. The molecule has 0 fully saturated rings. The lowest BCUT2D eigenvalue weighted by Crippen LogP contribution is -2.21. The molecule has 128 valence electrons. The van der Waals surface area contributed by atoms with E-state index in [1.54, 1.807) is 25.1 Å². The Hall–Kier alpha value is -2.02. The summed E-state index contributed by atoms with van der Waals surface area (Å²) in [5.41, 5.74) is 5.78. The van der Waals surface area contributed by atoms with Crippen LogP contribution in [-0.2, 0) is 4.79 Å². The fraction of sp³-hybridized carbons (Fsp3) is 0.118. The van der Waals surface area contributed by atoms with Crippen LogP contribution >= 0.6 is 35.0 Å². The van der Waals surface area contributed by atoms with Gasteiger partial charge < -0.3 is 4.98 Å². The van der Waals surface area contributed by atoms with Crippen LogP contribution in [0.3, 0.4) is 0 Å². The summed E-state index contributed by atoms with van der Waals surface area (Å²) in [6.07, 6.45) is 0. The molecule has 0 aliphatic rings. The summed E-state index contributed by atoms with van der Waals surface area (Å²) in [5, 5.41) is 5.71. The van der Waals surface area contributed by atoms with E-state index >= 15 is 0 Å². The topological polar surface area (TPSA) is 70.1 Å². The average Bonchev–Trinajstić information content (AvgIpc) is 3.03. The maximum atomic E-state index is 12.0. The summed E-state index contributed by atoms with van der Waals surface area (Å²) in [5.74, 6) is -0.0114. The molecule has 0 radical (unpaired) electrons. The first-order valence-electron chi connectivity index (χ1n) is 7.39. The monoisotopic (exact) mass is 392 g/mol. The van der Waals surface area contributed by atoms with Crippen molar-refractivity contribution in [2.24, 2.45) is 5.10 Å². The zero-order chi connectivity index (χ0) is 17.8. The Labute approximate surface area is 158 Å². The third kappa shape index (κ3) is 4.54. The second-order valence-electron chi connectivity index (χ2n) is 5.21.